The topological polar surface area (TPSA) is 0 Å². The maximum absolute atomic E-state index is 2.89. The average Bonchev–Trinajstić information content (AvgIpc) is 2.24. The number of hydrogen-bond acceptors (Lipinski definition) is 0. The van der Waals surface area contributed by atoms with Crippen molar-refractivity contribution in [3.63, 3.8) is 0 Å². The molecular weight excluding hydrogens is 233 g/mol. The summed E-state index contributed by atoms with van der Waals surface area (Å²) in [6.07, 6.45) is 0. The molecule has 60 valence electrons. The fourth-order valence-corrected chi connectivity index (χ4v) is 0.684. The van der Waals surface area contributed by atoms with Gasteiger partial charge in [0, 0.05) is 0 Å². The second-order valence-corrected chi connectivity index (χ2v) is 2.15. The van der Waals surface area contributed by atoms with Gasteiger partial charge in [-0.3, -0.25) is 0 Å². The minimum absolute atomic E-state index is 0. The van der Waals surface area contributed by atoms with Crippen molar-refractivity contribution in [2.24, 2.45) is 0 Å². The minimum Gasteiger partial charge on any atom is -0.184 e. The first-order valence-electron chi connectivity index (χ1n) is 3.82. The van der Waals surface area contributed by atoms with Gasteiger partial charge in [0.1, 0.15) is 0 Å². The Hall–Kier alpha value is -0.456. The summed E-state index contributed by atoms with van der Waals surface area (Å²) >= 11 is 0. The van der Waals surface area contributed by atoms with E-state index < -0.39 is 0 Å². The summed E-state index contributed by atoms with van der Waals surface area (Å²) in [5, 5.41) is 0. The molecule has 0 heterocycles. The Bertz CT molecular complexity index is 181. The molecule has 0 saturated carbocycles. The summed E-state index contributed by atoms with van der Waals surface area (Å²) in [7, 11) is 0. The number of rotatable bonds is 0. The predicted octanol–water partition coefficient (Wildman–Crippen LogP) is 2.97. The molecule has 2 aromatic carbocycles. The fraction of sp³-hybridized carbons (Fsp3) is 0. The zero-order valence-corrected chi connectivity index (χ0v) is 10.2. The summed E-state index contributed by atoms with van der Waals surface area (Å²) in [6.45, 7) is 0. The van der Waals surface area contributed by atoms with Crippen molar-refractivity contribution in [1.29, 1.82) is 0 Å². The van der Waals surface area contributed by atoms with Crippen molar-refractivity contribution >= 4 is 0 Å². The summed E-state index contributed by atoms with van der Waals surface area (Å²) in [6, 6.07) is 25.0. The second-order valence-electron chi connectivity index (χ2n) is 2.15. The van der Waals surface area contributed by atoms with E-state index in [0.29, 0.717) is 0 Å². The van der Waals surface area contributed by atoms with Crippen molar-refractivity contribution in [3.8, 4) is 0 Å². The zero-order chi connectivity index (χ0) is 8.49. The van der Waals surface area contributed by atoms with Gasteiger partial charge in [0.05, 0.1) is 0 Å². The SMILES string of the molecule is [Y+3].[c-]1ccccc1.[c-]1ccccc1. The molecule has 0 radical (unpaired) electrons. The maximum Gasteiger partial charge on any atom is 3.00 e. The molecule has 0 saturated heterocycles. The molecule has 0 spiro atoms. The van der Waals surface area contributed by atoms with E-state index in [4.69, 9.17) is 0 Å². The molecule has 0 atom stereocenters. The van der Waals surface area contributed by atoms with Gasteiger partial charge in [-0.15, -0.1) is 0 Å². The summed E-state index contributed by atoms with van der Waals surface area (Å²) in [4.78, 5) is 0. The van der Waals surface area contributed by atoms with E-state index in [1.54, 1.807) is 0 Å². The van der Waals surface area contributed by atoms with E-state index in [-0.39, 0.29) is 32.7 Å². The van der Waals surface area contributed by atoms with Crippen LogP contribution in [0.5, 0.6) is 0 Å². The Morgan fingerprint density at radius 3 is 0.846 bits per heavy atom. The number of benzene rings is 2. The molecule has 0 amide bonds. The van der Waals surface area contributed by atoms with Crippen LogP contribution in [0.1, 0.15) is 0 Å². The van der Waals surface area contributed by atoms with E-state index in [9.17, 15) is 0 Å². The average molecular weight is 243 g/mol. The molecule has 1 heteroatoms. The van der Waals surface area contributed by atoms with Gasteiger partial charge in [-0.05, 0) is 0 Å². The van der Waals surface area contributed by atoms with Crippen molar-refractivity contribution in [2.45, 2.75) is 0 Å². The van der Waals surface area contributed by atoms with Gasteiger partial charge in [0.2, 0.25) is 0 Å². The van der Waals surface area contributed by atoms with Crippen LogP contribution in [-0.2, 0) is 32.7 Å². The van der Waals surface area contributed by atoms with Crippen LogP contribution in [0.15, 0.2) is 60.7 Å². The van der Waals surface area contributed by atoms with Crippen LogP contribution in [0.4, 0.5) is 0 Å². The van der Waals surface area contributed by atoms with Gasteiger partial charge in [-0.2, -0.15) is 72.8 Å². The standard InChI is InChI=1S/2C6H5.Y/c2*1-2-4-6-5-3-1;/h2*1-5H;/q2*-1;+3. The maximum atomic E-state index is 2.89. The third-order valence-corrected chi connectivity index (χ3v) is 1.21. The first-order valence-corrected chi connectivity index (χ1v) is 3.82. The normalized spacial score (nSPS) is 7.38. The van der Waals surface area contributed by atoms with E-state index in [0.717, 1.165) is 0 Å². The van der Waals surface area contributed by atoms with Crippen molar-refractivity contribution in [2.75, 3.05) is 0 Å². The van der Waals surface area contributed by atoms with Gasteiger partial charge in [-0.25, -0.2) is 0 Å². The number of hydrogen-bond donors (Lipinski definition) is 0. The summed E-state index contributed by atoms with van der Waals surface area (Å²) < 4.78 is 0. The van der Waals surface area contributed by atoms with Crippen LogP contribution >= 0.6 is 0 Å². The first kappa shape index (κ1) is 12.5. The summed E-state index contributed by atoms with van der Waals surface area (Å²) in [5.74, 6) is 0. The third kappa shape index (κ3) is 7.89. The van der Waals surface area contributed by atoms with E-state index >= 15 is 0 Å². The van der Waals surface area contributed by atoms with Crippen molar-refractivity contribution in [1.82, 2.24) is 0 Å². The Morgan fingerprint density at radius 2 is 0.769 bits per heavy atom. The third-order valence-electron chi connectivity index (χ3n) is 1.21. The van der Waals surface area contributed by atoms with Crippen LogP contribution in [0.3, 0.4) is 0 Å². The van der Waals surface area contributed by atoms with Crippen LogP contribution in [0, 0.1) is 12.1 Å². The predicted molar refractivity (Wildman–Crippen MR) is 50.6 cm³/mol. The van der Waals surface area contributed by atoms with Gasteiger partial charge in [0.25, 0.3) is 0 Å². The Labute approximate surface area is 105 Å². The smallest absolute Gasteiger partial charge is 0.184 e. The second kappa shape index (κ2) is 9.63. The van der Waals surface area contributed by atoms with Gasteiger partial charge in [0.15, 0.2) is 0 Å². The quantitative estimate of drug-likeness (QED) is 0.624. The first-order chi connectivity index (χ1) is 6.00. The van der Waals surface area contributed by atoms with Crippen LogP contribution in [0.25, 0.3) is 0 Å². The Kier molecular flexibility index (Phi) is 9.29. The minimum atomic E-state index is 0. The van der Waals surface area contributed by atoms with Crippen LogP contribution < -0.4 is 0 Å². The van der Waals surface area contributed by atoms with Crippen molar-refractivity contribution < 1.29 is 32.7 Å². The molecular formula is C12H10Y+. The van der Waals surface area contributed by atoms with Gasteiger partial charge < -0.3 is 0 Å². The van der Waals surface area contributed by atoms with Gasteiger partial charge >= 0.3 is 32.7 Å². The molecule has 0 aliphatic heterocycles. The molecule has 13 heavy (non-hydrogen) atoms. The molecule has 0 fully saturated rings. The Morgan fingerprint density at radius 1 is 0.462 bits per heavy atom. The van der Waals surface area contributed by atoms with Crippen molar-refractivity contribution in [3.05, 3.63) is 72.8 Å². The molecule has 0 aliphatic carbocycles. The monoisotopic (exact) mass is 243 g/mol. The fourth-order valence-electron chi connectivity index (χ4n) is 0.684. The molecule has 0 bridgehead atoms. The zero-order valence-electron chi connectivity index (χ0n) is 7.35. The molecule has 0 aromatic heterocycles. The largest absolute Gasteiger partial charge is 3.00 e. The molecule has 0 nitrogen and oxygen atoms in total. The molecule has 0 N–H and O–H groups in total. The van der Waals surface area contributed by atoms with Gasteiger partial charge in [-0.1, -0.05) is 0 Å². The molecule has 2 rings (SSSR count). The van der Waals surface area contributed by atoms with E-state index in [2.05, 4.69) is 12.1 Å². The molecule has 0 unspecified atom stereocenters. The molecule has 2 aromatic rings. The van der Waals surface area contributed by atoms with E-state index in [1.807, 2.05) is 60.7 Å². The summed E-state index contributed by atoms with van der Waals surface area (Å²) in [5.41, 5.74) is 0. The van der Waals surface area contributed by atoms with Crippen LogP contribution in [0.2, 0.25) is 0 Å². The van der Waals surface area contributed by atoms with Crippen LogP contribution in [-0.4, -0.2) is 0 Å². The molecule has 0 aliphatic rings. The van der Waals surface area contributed by atoms with E-state index in [1.165, 1.54) is 0 Å². The Balaban J connectivity index is 0.000000206.